The van der Waals surface area contributed by atoms with Gasteiger partial charge in [0.2, 0.25) is 0 Å². The number of Topliss-reactive ketones (excluding diaryl/α,β-unsaturated/α-hetero) is 2. The number of carbonyl (C=O) groups excluding carboxylic acids is 2. The Kier molecular flexibility index (Phi) is 21.4. The topological polar surface area (TPSA) is 115 Å². The summed E-state index contributed by atoms with van der Waals surface area (Å²) in [5.74, 6) is 0.0616. The van der Waals surface area contributed by atoms with Crippen LogP contribution in [0, 0.1) is 0 Å². The Morgan fingerprint density at radius 3 is 1.38 bits per heavy atom. The van der Waals surface area contributed by atoms with Crippen molar-refractivity contribution >= 4 is 11.6 Å². The maximum atomic E-state index is 10.1. The van der Waals surface area contributed by atoms with E-state index in [0.717, 1.165) is 0 Å². The number of hydrogen-bond acceptors (Lipinski definition) is 6. The summed E-state index contributed by atoms with van der Waals surface area (Å²) in [6.07, 6.45) is -0.816. The summed E-state index contributed by atoms with van der Waals surface area (Å²) in [4.78, 5) is 19.6. The summed E-state index contributed by atoms with van der Waals surface area (Å²) in [5.41, 5.74) is 0. The van der Waals surface area contributed by atoms with Gasteiger partial charge in [-0.1, -0.05) is 0 Å². The predicted molar refractivity (Wildman–Crippen MR) is 58.9 cm³/mol. The number of rotatable bonds is 4. The second kappa shape index (κ2) is 16.6. The highest BCUT2D eigenvalue weighted by atomic mass is 16.3. The van der Waals surface area contributed by atoms with Gasteiger partial charge in [-0.3, -0.25) is 4.79 Å². The lowest BCUT2D eigenvalue weighted by molar-refractivity contribution is -0.119. The van der Waals surface area contributed by atoms with E-state index < -0.39 is 6.10 Å². The molecule has 0 heterocycles. The Balaban J connectivity index is -0.000000179. The Morgan fingerprint density at radius 2 is 1.31 bits per heavy atom. The average molecular weight is 238 g/mol. The summed E-state index contributed by atoms with van der Waals surface area (Å²) in [7, 11) is 0. The minimum atomic E-state index is -0.868. The fourth-order valence-corrected chi connectivity index (χ4v) is 0.396. The van der Waals surface area contributed by atoms with Crippen LogP contribution in [0.2, 0.25) is 0 Å². The number of carbonyl (C=O) groups is 2. The summed E-state index contributed by atoms with van der Waals surface area (Å²) < 4.78 is 0. The van der Waals surface area contributed by atoms with E-state index >= 15 is 0 Å². The molecule has 4 N–H and O–H groups in total. The molecule has 0 rings (SSSR count). The molecule has 1 unspecified atom stereocenters. The van der Waals surface area contributed by atoms with Crippen LogP contribution in [0.4, 0.5) is 0 Å². The Hall–Kier alpha value is -0.820. The third-order valence-electron chi connectivity index (χ3n) is 0.834. The highest BCUT2D eigenvalue weighted by Gasteiger charge is 2.03. The molecule has 0 aromatic heterocycles. The van der Waals surface area contributed by atoms with E-state index in [1.807, 2.05) is 0 Å². The largest absolute Gasteiger partial charge is 0.394 e. The third-order valence-corrected chi connectivity index (χ3v) is 0.834. The second-order valence-electron chi connectivity index (χ2n) is 3.10. The van der Waals surface area contributed by atoms with Gasteiger partial charge in [0.1, 0.15) is 11.6 Å². The first kappa shape index (κ1) is 20.6. The molecule has 0 spiro atoms. The zero-order valence-corrected chi connectivity index (χ0v) is 10.0. The molecule has 6 heteroatoms. The van der Waals surface area contributed by atoms with Crippen LogP contribution < -0.4 is 0 Å². The minimum Gasteiger partial charge on any atom is -0.394 e. The van der Waals surface area contributed by atoms with Crippen LogP contribution in [-0.4, -0.2) is 57.9 Å². The zero-order valence-electron chi connectivity index (χ0n) is 10.0. The molecule has 0 saturated heterocycles. The van der Waals surface area contributed by atoms with Gasteiger partial charge in [0, 0.05) is 6.42 Å². The Labute approximate surface area is 95.5 Å². The van der Waals surface area contributed by atoms with Crippen molar-refractivity contribution in [2.45, 2.75) is 33.3 Å². The van der Waals surface area contributed by atoms with Gasteiger partial charge in [0.25, 0.3) is 0 Å². The lowest BCUT2D eigenvalue weighted by Gasteiger charge is -2.00. The van der Waals surface area contributed by atoms with E-state index in [-0.39, 0.29) is 37.8 Å². The molecule has 0 radical (unpaired) electrons. The molecule has 16 heavy (non-hydrogen) atoms. The fourth-order valence-electron chi connectivity index (χ4n) is 0.396. The summed E-state index contributed by atoms with van der Waals surface area (Å²) in [6.45, 7) is 3.85. The first-order chi connectivity index (χ1) is 7.31. The fraction of sp³-hybridized carbons (Fsp3) is 0.800. The standard InChI is InChI=1S/C5H10O3.C3H6O.C2H6O2/c1-4(7)2-5(8)3-6;1-3(2)4;3-1-2-4/h5-6,8H,2-3H2,1H3;1-2H3;3-4H,1-2H2. The van der Waals surface area contributed by atoms with Gasteiger partial charge in [-0.2, -0.15) is 0 Å². The molecule has 0 aromatic rings. The summed E-state index contributed by atoms with van der Waals surface area (Å²) in [5, 5.41) is 32.0. The highest BCUT2D eigenvalue weighted by molar-refractivity contribution is 5.75. The van der Waals surface area contributed by atoms with Gasteiger partial charge in [-0.25, -0.2) is 0 Å². The predicted octanol–water partition coefficient (Wildman–Crippen LogP) is -1.12. The van der Waals surface area contributed by atoms with Crippen LogP contribution in [0.15, 0.2) is 0 Å². The lowest BCUT2D eigenvalue weighted by Crippen LogP contribution is -2.15. The number of ketones is 2. The molecule has 1 atom stereocenters. The van der Waals surface area contributed by atoms with E-state index in [4.69, 9.17) is 20.4 Å². The molecule has 0 fully saturated rings. The van der Waals surface area contributed by atoms with E-state index in [1.54, 1.807) is 0 Å². The molecule has 0 aliphatic carbocycles. The average Bonchev–Trinajstić information content (AvgIpc) is 2.16. The number of aliphatic hydroxyl groups excluding tert-OH is 4. The lowest BCUT2D eigenvalue weighted by atomic mass is 10.2. The van der Waals surface area contributed by atoms with Crippen molar-refractivity contribution in [3.63, 3.8) is 0 Å². The Bertz CT molecular complexity index is 163. The molecule has 0 amide bonds. The van der Waals surface area contributed by atoms with E-state index in [2.05, 4.69) is 0 Å². The highest BCUT2D eigenvalue weighted by Crippen LogP contribution is 1.89. The molecule has 0 aliphatic rings. The normalized spacial score (nSPS) is 10.2. The van der Waals surface area contributed by atoms with Crippen molar-refractivity contribution in [1.82, 2.24) is 0 Å². The van der Waals surface area contributed by atoms with Gasteiger partial charge < -0.3 is 25.2 Å². The van der Waals surface area contributed by atoms with Gasteiger partial charge in [-0.05, 0) is 20.8 Å². The van der Waals surface area contributed by atoms with Gasteiger partial charge >= 0.3 is 0 Å². The van der Waals surface area contributed by atoms with Crippen LogP contribution in [0.25, 0.3) is 0 Å². The molecule has 0 aliphatic heterocycles. The monoisotopic (exact) mass is 238 g/mol. The maximum absolute atomic E-state index is 10.1. The third kappa shape index (κ3) is 51.2. The minimum absolute atomic E-state index is 0.0521. The molecular weight excluding hydrogens is 216 g/mol. The number of hydrogen-bond donors (Lipinski definition) is 4. The van der Waals surface area contributed by atoms with Gasteiger partial charge in [0.05, 0.1) is 25.9 Å². The van der Waals surface area contributed by atoms with Crippen LogP contribution in [0.5, 0.6) is 0 Å². The second-order valence-corrected chi connectivity index (χ2v) is 3.10. The maximum Gasteiger partial charge on any atom is 0.132 e. The van der Waals surface area contributed by atoms with Crippen molar-refractivity contribution in [1.29, 1.82) is 0 Å². The van der Waals surface area contributed by atoms with Gasteiger partial charge in [0.15, 0.2) is 0 Å². The smallest absolute Gasteiger partial charge is 0.132 e. The first-order valence-corrected chi connectivity index (χ1v) is 4.79. The van der Waals surface area contributed by atoms with Gasteiger partial charge in [-0.15, -0.1) is 0 Å². The van der Waals surface area contributed by atoms with E-state index in [9.17, 15) is 9.59 Å². The van der Waals surface area contributed by atoms with Crippen molar-refractivity contribution in [3.05, 3.63) is 0 Å². The van der Waals surface area contributed by atoms with Crippen LogP contribution in [-0.2, 0) is 9.59 Å². The first-order valence-electron chi connectivity index (χ1n) is 4.79. The van der Waals surface area contributed by atoms with E-state index in [1.165, 1.54) is 20.8 Å². The van der Waals surface area contributed by atoms with Crippen molar-refractivity contribution in [3.8, 4) is 0 Å². The molecule has 0 bridgehead atoms. The van der Waals surface area contributed by atoms with Crippen LogP contribution in [0.1, 0.15) is 27.2 Å². The molecular formula is C10H22O6. The van der Waals surface area contributed by atoms with Crippen molar-refractivity contribution in [2.24, 2.45) is 0 Å². The van der Waals surface area contributed by atoms with Crippen molar-refractivity contribution in [2.75, 3.05) is 19.8 Å². The van der Waals surface area contributed by atoms with Crippen LogP contribution >= 0.6 is 0 Å². The zero-order chi connectivity index (χ0) is 13.6. The molecule has 0 aromatic carbocycles. The van der Waals surface area contributed by atoms with Crippen molar-refractivity contribution < 1.29 is 30.0 Å². The summed E-state index contributed by atoms with van der Waals surface area (Å²) in [6, 6.07) is 0. The molecule has 98 valence electrons. The molecule has 6 nitrogen and oxygen atoms in total. The molecule has 0 saturated carbocycles. The Morgan fingerprint density at radius 1 is 1.00 bits per heavy atom. The number of aliphatic hydroxyl groups is 4. The van der Waals surface area contributed by atoms with Crippen LogP contribution in [0.3, 0.4) is 0 Å². The van der Waals surface area contributed by atoms with E-state index in [0.29, 0.717) is 0 Å². The summed E-state index contributed by atoms with van der Waals surface area (Å²) >= 11 is 0. The SMILES string of the molecule is CC(=O)CC(O)CO.CC(C)=O.OCCO. The quantitative estimate of drug-likeness (QED) is 0.493.